The summed E-state index contributed by atoms with van der Waals surface area (Å²) in [5, 5.41) is 9.93. The summed E-state index contributed by atoms with van der Waals surface area (Å²) in [4.78, 5) is 33.7. The Balaban J connectivity index is 1.72. The SMILES string of the molecule is C[C@@H]1CN([C@@H](C)CO)C(=O)c2cc(-c3cccc(C(=O)N(C)C)c3)cnc2O[C@@H]1CN(C)S(=O)(=O)c1ccc(F)cc1. The van der Waals surface area contributed by atoms with E-state index < -0.39 is 28.0 Å². The number of rotatable bonds is 8. The van der Waals surface area contributed by atoms with E-state index in [9.17, 15) is 27.5 Å². The number of aliphatic hydroxyl groups excluding tert-OH is 1. The van der Waals surface area contributed by atoms with Gasteiger partial charge >= 0.3 is 0 Å². The Morgan fingerprint density at radius 1 is 1.14 bits per heavy atom. The quantitative estimate of drug-likeness (QED) is 0.423. The maximum absolute atomic E-state index is 13.8. The number of likely N-dealkylation sites (N-methyl/N-ethyl adjacent to an activating group) is 1. The Labute approximate surface area is 245 Å². The molecule has 0 saturated carbocycles. The molecule has 12 heteroatoms. The minimum Gasteiger partial charge on any atom is -0.472 e. The molecule has 0 fully saturated rings. The number of hydrogen-bond acceptors (Lipinski definition) is 7. The Kier molecular flexibility index (Phi) is 9.29. The molecule has 2 heterocycles. The van der Waals surface area contributed by atoms with Crippen LogP contribution in [0.2, 0.25) is 0 Å². The van der Waals surface area contributed by atoms with E-state index in [-0.39, 0.29) is 53.8 Å². The van der Waals surface area contributed by atoms with Crippen molar-refractivity contribution in [2.45, 2.75) is 30.9 Å². The Morgan fingerprint density at radius 3 is 2.48 bits per heavy atom. The van der Waals surface area contributed by atoms with Crippen LogP contribution in [0.5, 0.6) is 5.88 Å². The molecule has 1 aliphatic rings. The highest BCUT2D eigenvalue weighted by Crippen LogP contribution is 2.31. The molecular weight excluding hydrogens is 563 g/mol. The molecule has 0 bridgehead atoms. The van der Waals surface area contributed by atoms with E-state index in [1.165, 1.54) is 35.2 Å². The number of pyridine rings is 1. The van der Waals surface area contributed by atoms with Crippen LogP contribution in [0.4, 0.5) is 4.39 Å². The number of fused-ring (bicyclic) bond motifs is 1. The van der Waals surface area contributed by atoms with Crippen LogP contribution in [-0.2, 0) is 10.0 Å². The van der Waals surface area contributed by atoms with Gasteiger partial charge in [0, 0.05) is 50.9 Å². The lowest BCUT2D eigenvalue weighted by atomic mass is 9.99. The van der Waals surface area contributed by atoms with Crippen LogP contribution in [0.3, 0.4) is 0 Å². The van der Waals surface area contributed by atoms with Gasteiger partial charge in [0.05, 0.1) is 24.1 Å². The summed E-state index contributed by atoms with van der Waals surface area (Å²) in [5.74, 6) is -1.43. The molecule has 0 unspecified atom stereocenters. The fourth-order valence-electron chi connectivity index (χ4n) is 4.71. The summed E-state index contributed by atoms with van der Waals surface area (Å²) >= 11 is 0. The van der Waals surface area contributed by atoms with Crippen molar-refractivity contribution in [1.82, 2.24) is 19.1 Å². The van der Waals surface area contributed by atoms with Gasteiger partial charge in [-0.05, 0) is 55.0 Å². The number of aromatic nitrogens is 1. The summed E-state index contributed by atoms with van der Waals surface area (Å²) in [5.41, 5.74) is 1.88. The van der Waals surface area contributed by atoms with Gasteiger partial charge in [-0.1, -0.05) is 19.1 Å². The summed E-state index contributed by atoms with van der Waals surface area (Å²) in [6, 6.07) is 12.6. The van der Waals surface area contributed by atoms with Gasteiger partial charge in [0.2, 0.25) is 15.9 Å². The molecular formula is C30H35FN4O6S. The predicted molar refractivity (Wildman–Crippen MR) is 155 cm³/mol. The molecule has 4 rings (SSSR count). The zero-order valence-electron chi connectivity index (χ0n) is 24.2. The normalized spacial score (nSPS) is 18.1. The standard InChI is InChI=1S/C30H35FN4O6S/c1-19-16-35(20(2)18-36)30(38)26-14-23(21-7-6-8-22(13-21)29(37)33(3)4)15-32-28(26)41-27(19)17-34(5)42(39,40)25-11-9-24(31)10-12-25/h6-15,19-20,27,36H,16-18H2,1-5H3/t19-,20+,27-/m1/s1. The highest BCUT2D eigenvalue weighted by Gasteiger charge is 2.36. The van der Waals surface area contributed by atoms with Gasteiger partial charge in [0.1, 0.15) is 17.5 Å². The topological polar surface area (TPSA) is 120 Å². The van der Waals surface area contributed by atoms with Gasteiger partial charge < -0.3 is 19.6 Å². The van der Waals surface area contributed by atoms with Crippen LogP contribution >= 0.6 is 0 Å². The summed E-state index contributed by atoms with van der Waals surface area (Å²) < 4.78 is 47.2. The first-order valence-electron chi connectivity index (χ1n) is 13.5. The van der Waals surface area contributed by atoms with E-state index in [4.69, 9.17) is 4.74 Å². The number of halogens is 1. The number of nitrogens with zero attached hydrogens (tertiary/aromatic N) is 4. The first-order valence-corrected chi connectivity index (χ1v) is 14.9. The molecule has 0 saturated heterocycles. The average molecular weight is 599 g/mol. The number of ether oxygens (including phenoxy) is 1. The maximum Gasteiger partial charge on any atom is 0.259 e. The molecule has 42 heavy (non-hydrogen) atoms. The first-order chi connectivity index (χ1) is 19.8. The van der Waals surface area contributed by atoms with Gasteiger partial charge in [-0.2, -0.15) is 4.31 Å². The molecule has 0 radical (unpaired) electrons. The van der Waals surface area contributed by atoms with Gasteiger partial charge in [-0.25, -0.2) is 17.8 Å². The van der Waals surface area contributed by atoms with Crippen LogP contribution < -0.4 is 4.74 Å². The molecule has 3 atom stereocenters. The highest BCUT2D eigenvalue weighted by molar-refractivity contribution is 7.89. The summed E-state index contributed by atoms with van der Waals surface area (Å²) in [7, 11) is 0.764. The molecule has 0 aliphatic carbocycles. The lowest BCUT2D eigenvalue weighted by molar-refractivity contribution is 0.0373. The van der Waals surface area contributed by atoms with Crippen molar-refractivity contribution in [2.75, 3.05) is 40.8 Å². The largest absolute Gasteiger partial charge is 0.472 e. The van der Waals surface area contributed by atoms with E-state index in [1.54, 1.807) is 51.4 Å². The van der Waals surface area contributed by atoms with Crippen molar-refractivity contribution < 1.29 is 32.2 Å². The number of carbonyl (C=O) groups is 2. The van der Waals surface area contributed by atoms with Crippen LogP contribution in [0.1, 0.15) is 34.6 Å². The number of sulfonamides is 1. The third kappa shape index (κ3) is 6.45. The van der Waals surface area contributed by atoms with E-state index >= 15 is 0 Å². The zero-order chi connectivity index (χ0) is 30.8. The minimum atomic E-state index is -3.97. The predicted octanol–water partition coefficient (Wildman–Crippen LogP) is 3.13. The molecule has 10 nitrogen and oxygen atoms in total. The molecule has 0 spiro atoms. The van der Waals surface area contributed by atoms with Crippen molar-refractivity contribution in [1.29, 1.82) is 0 Å². The van der Waals surface area contributed by atoms with E-state index in [2.05, 4.69) is 4.98 Å². The molecule has 2 aromatic carbocycles. The molecule has 2 amide bonds. The Hall–Kier alpha value is -3.87. The van der Waals surface area contributed by atoms with Crippen molar-refractivity contribution in [2.24, 2.45) is 5.92 Å². The van der Waals surface area contributed by atoms with Crippen LogP contribution in [-0.4, -0.2) is 97.4 Å². The lowest BCUT2D eigenvalue weighted by Crippen LogP contribution is -2.50. The van der Waals surface area contributed by atoms with E-state index in [0.29, 0.717) is 16.7 Å². The second-order valence-electron chi connectivity index (χ2n) is 10.7. The highest BCUT2D eigenvalue weighted by atomic mass is 32.2. The van der Waals surface area contributed by atoms with Gasteiger partial charge in [-0.15, -0.1) is 0 Å². The number of hydrogen-bond donors (Lipinski definition) is 1. The maximum atomic E-state index is 13.8. The van der Waals surface area contributed by atoms with Crippen molar-refractivity contribution in [3.8, 4) is 17.0 Å². The Bertz CT molecular complexity index is 1560. The van der Waals surface area contributed by atoms with Gasteiger partial charge in [-0.3, -0.25) is 9.59 Å². The van der Waals surface area contributed by atoms with Crippen molar-refractivity contribution >= 4 is 21.8 Å². The van der Waals surface area contributed by atoms with Crippen LogP contribution in [0, 0.1) is 11.7 Å². The van der Waals surface area contributed by atoms with Crippen molar-refractivity contribution in [3.05, 3.63) is 77.7 Å². The number of amides is 2. The third-order valence-electron chi connectivity index (χ3n) is 7.33. The molecule has 3 aromatic rings. The van der Waals surface area contributed by atoms with E-state index in [1.807, 2.05) is 6.92 Å². The Morgan fingerprint density at radius 2 is 1.83 bits per heavy atom. The lowest BCUT2D eigenvalue weighted by Gasteiger charge is -2.37. The fourth-order valence-corrected chi connectivity index (χ4v) is 5.89. The molecule has 1 aliphatic heterocycles. The third-order valence-corrected chi connectivity index (χ3v) is 9.17. The average Bonchev–Trinajstić information content (AvgIpc) is 2.98. The second kappa shape index (κ2) is 12.6. The van der Waals surface area contributed by atoms with Crippen LogP contribution in [0.15, 0.2) is 65.7 Å². The zero-order valence-corrected chi connectivity index (χ0v) is 25.0. The smallest absolute Gasteiger partial charge is 0.259 e. The number of benzene rings is 2. The molecule has 224 valence electrons. The van der Waals surface area contributed by atoms with Gasteiger partial charge in [0.15, 0.2) is 0 Å². The van der Waals surface area contributed by atoms with E-state index in [0.717, 1.165) is 16.4 Å². The first kappa shape index (κ1) is 31.1. The van der Waals surface area contributed by atoms with Crippen LogP contribution in [0.25, 0.3) is 11.1 Å². The minimum absolute atomic E-state index is 0.0311. The monoisotopic (exact) mass is 598 g/mol. The van der Waals surface area contributed by atoms with Gasteiger partial charge in [0.25, 0.3) is 11.8 Å². The summed E-state index contributed by atoms with van der Waals surface area (Å²) in [6.45, 7) is 3.39. The molecule has 1 aromatic heterocycles. The number of aliphatic hydroxyl groups is 1. The molecule has 1 N–H and O–H groups in total. The summed E-state index contributed by atoms with van der Waals surface area (Å²) in [6.07, 6.45) is 0.817. The van der Waals surface area contributed by atoms with Crippen molar-refractivity contribution in [3.63, 3.8) is 0 Å². The second-order valence-corrected chi connectivity index (χ2v) is 12.8. The number of carbonyl (C=O) groups excluding carboxylic acids is 2. The fraction of sp³-hybridized carbons (Fsp3) is 0.367.